The average molecular weight is 287 g/mol. The van der Waals surface area contributed by atoms with Crippen LogP contribution in [-0.2, 0) is 0 Å². The van der Waals surface area contributed by atoms with Gasteiger partial charge in [-0.15, -0.1) is 0 Å². The lowest BCUT2D eigenvalue weighted by Crippen LogP contribution is -2.02. The predicted octanol–water partition coefficient (Wildman–Crippen LogP) is 4.81. The van der Waals surface area contributed by atoms with Crippen LogP contribution < -0.4 is 5.73 Å². The maximum atomic E-state index is 12.0. The third-order valence-corrected chi connectivity index (χ3v) is 3.75. The molecule has 0 aromatic heterocycles. The first-order valence-electron chi connectivity index (χ1n) is 7.22. The second-order valence-electron chi connectivity index (χ2n) is 5.27. The van der Waals surface area contributed by atoms with Gasteiger partial charge in [-0.3, -0.25) is 4.79 Å². The van der Waals surface area contributed by atoms with E-state index in [1.54, 1.807) is 6.92 Å². The highest BCUT2D eigenvalue weighted by Crippen LogP contribution is 2.34. The zero-order valence-corrected chi connectivity index (χ0v) is 12.4. The Bertz CT molecular complexity index is 808. The molecule has 0 fully saturated rings. The van der Waals surface area contributed by atoms with E-state index in [0.717, 1.165) is 22.3 Å². The summed E-state index contributed by atoms with van der Waals surface area (Å²) >= 11 is 0. The first-order valence-corrected chi connectivity index (χ1v) is 7.22. The van der Waals surface area contributed by atoms with Crippen molar-refractivity contribution >= 4 is 11.5 Å². The SMILES string of the molecule is CC(=O)c1cc(-c2ccccc2)cc(-c2ccccc2)c1N. The molecule has 0 spiro atoms. The van der Waals surface area contributed by atoms with Crippen molar-refractivity contribution in [3.8, 4) is 22.3 Å². The molecule has 0 saturated heterocycles. The monoisotopic (exact) mass is 287 g/mol. The Morgan fingerprint density at radius 1 is 0.773 bits per heavy atom. The van der Waals surface area contributed by atoms with Crippen LogP contribution in [-0.4, -0.2) is 5.78 Å². The molecule has 2 nitrogen and oxygen atoms in total. The Kier molecular flexibility index (Phi) is 3.75. The third-order valence-electron chi connectivity index (χ3n) is 3.75. The number of hydrogen-bond acceptors (Lipinski definition) is 2. The minimum Gasteiger partial charge on any atom is -0.398 e. The van der Waals surface area contributed by atoms with Gasteiger partial charge in [-0.1, -0.05) is 60.7 Å². The number of nitrogen functional groups attached to an aromatic ring is 1. The zero-order valence-electron chi connectivity index (χ0n) is 12.4. The first-order chi connectivity index (χ1) is 10.7. The number of hydrogen-bond donors (Lipinski definition) is 1. The van der Waals surface area contributed by atoms with E-state index in [2.05, 4.69) is 0 Å². The molecule has 0 bridgehead atoms. The van der Waals surface area contributed by atoms with Gasteiger partial charge in [-0.05, 0) is 35.7 Å². The third kappa shape index (κ3) is 2.63. The van der Waals surface area contributed by atoms with Crippen LogP contribution in [0, 0.1) is 0 Å². The van der Waals surface area contributed by atoms with Crippen molar-refractivity contribution < 1.29 is 4.79 Å². The van der Waals surface area contributed by atoms with Crippen molar-refractivity contribution in [3.63, 3.8) is 0 Å². The largest absolute Gasteiger partial charge is 0.398 e. The van der Waals surface area contributed by atoms with E-state index >= 15 is 0 Å². The molecular weight excluding hydrogens is 270 g/mol. The predicted molar refractivity (Wildman–Crippen MR) is 91.7 cm³/mol. The molecule has 3 aromatic rings. The molecule has 3 aromatic carbocycles. The van der Waals surface area contributed by atoms with Crippen LogP contribution in [0.1, 0.15) is 17.3 Å². The summed E-state index contributed by atoms with van der Waals surface area (Å²) in [7, 11) is 0. The minimum absolute atomic E-state index is 0.0209. The van der Waals surface area contributed by atoms with E-state index in [4.69, 9.17) is 5.73 Å². The fraction of sp³-hybridized carbons (Fsp3) is 0.0500. The number of carbonyl (C=O) groups is 1. The van der Waals surface area contributed by atoms with Crippen LogP contribution in [0.3, 0.4) is 0 Å². The average Bonchev–Trinajstić information content (AvgIpc) is 2.56. The molecule has 22 heavy (non-hydrogen) atoms. The Hall–Kier alpha value is -2.87. The Balaban J connectivity index is 2.26. The van der Waals surface area contributed by atoms with E-state index in [-0.39, 0.29) is 5.78 Å². The number of anilines is 1. The van der Waals surface area contributed by atoms with Crippen LogP contribution in [0.25, 0.3) is 22.3 Å². The van der Waals surface area contributed by atoms with Gasteiger partial charge in [-0.25, -0.2) is 0 Å². The second-order valence-corrected chi connectivity index (χ2v) is 5.27. The highest BCUT2D eigenvalue weighted by atomic mass is 16.1. The van der Waals surface area contributed by atoms with E-state index < -0.39 is 0 Å². The number of nitrogens with two attached hydrogens (primary N) is 1. The van der Waals surface area contributed by atoms with E-state index in [9.17, 15) is 4.79 Å². The summed E-state index contributed by atoms with van der Waals surface area (Å²) in [5.74, 6) is -0.0209. The maximum absolute atomic E-state index is 12.0. The van der Waals surface area contributed by atoms with E-state index in [1.165, 1.54) is 0 Å². The van der Waals surface area contributed by atoms with Gasteiger partial charge < -0.3 is 5.73 Å². The van der Waals surface area contributed by atoms with Gasteiger partial charge in [0, 0.05) is 11.1 Å². The fourth-order valence-corrected chi connectivity index (χ4v) is 2.60. The lowest BCUT2D eigenvalue weighted by molar-refractivity contribution is 0.101. The van der Waals surface area contributed by atoms with Crippen LogP contribution in [0.2, 0.25) is 0 Å². The minimum atomic E-state index is -0.0209. The Morgan fingerprint density at radius 3 is 1.86 bits per heavy atom. The molecule has 0 unspecified atom stereocenters. The second kappa shape index (κ2) is 5.86. The molecule has 2 N–H and O–H groups in total. The van der Waals surface area contributed by atoms with Gasteiger partial charge in [-0.2, -0.15) is 0 Å². The van der Waals surface area contributed by atoms with Crippen molar-refractivity contribution in [1.82, 2.24) is 0 Å². The van der Waals surface area contributed by atoms with Crippen molar-refractivity contribution in [2.45, 2.75) is 6.92 Å². The number of rotatable bonds is 3. The molecule has 0 saturated carbocycles. The summed E-state index contributed by atoms with van der Waals surface area (Å²) in [6.45, 7) is 1.55. The topological polar surface area (TPSA) is 43.1 Å². The molecule has 0 radical (unpaired) electrons. The maximum Gasteiger partial charge on any atom is 0.161 e. The van der Waals surface area contributed by atoms with E-state index in [1.807, 2.05) is 72.8 Å². The molecule has 2 heteroatoms. The van der Waals surface area contributed by atoms with Crippen molar-refractivity contribution in [2.75, 3.05) is 5.73 Å². The van der Waals surface area contributed by atoms with Crippen molar-refractivity contribution in [1.29, 1.82) is 0 Å². The molecule has 0 atom stereocenters. The van der Waals surface area contributed by atoms with E-state index in [0.29, 0.717) is 11.3 Å². The molecule has 0 aliphatic carbocycles. The molecule has 0 aliphatic heterocycles. The molecule has 0 heterocycles. The highest BCUT2D eigenvalue weighted by molar-refractivity contribution is 6.04. The van der Waals surface area contributed by atoms with Gasteiger partial charge in [0.25, 0.3) is 0 Å². The highest BCUT2D eigenvalue weighted by Gasteiger charge is 2.13. The summed E-state index contributed by atoms with van der Waals surface area (Å²) in [4.78, 5) is 12.0. The number of ketones is 1. The van der Waals surface area contributed by atoms with Gasteiger partial charge in [0.05, 0.1) is 5.69 Å². The molecular formula is C20H17NO. The summed E-state index contributed by atoms with van der Waals surface area (Å²) in [5.41, 5.74) is 11.3. The zero-order chi connectivity index (χ0) is 15.5. The van der Waals surface area contributed by atoms with Crippen molar-refractivity contribution in [3.05, 3.63) is 78.4 Å². The summed E-state index contributed by atoms with van der Waals surface area (Å²) < 4.78 is 0. The van der Waals surface area contributed by atoms with Crippen LogP contribution >= 0.6 is 0 Å². The quantitative estimate of drug-likeness (QED) is 0.555. The molecule has 108 valence electrons. The van der Waals surface area contributed by atoms with Gasteiger partial charge in [0.15, 0.2) is 5.78 Å². The van der Waals surface area contributed by atoms with Gasteiger partial charge >= 0.3 is 0 Å². The van der Waals surface area contributed by atoms with Crippen LogP contribution in [0.4, 0.5) is 5.69 Å². The lowest BCUT2D eigenvalue weighted by Gasteiger charge is -2.13. The van der Waals surface area contributed by atoms with Crippen LogP contribution in [0.5, 0.6) is 0 Å². The standard InChI is InChI=1S/C20H17NO/c1-14(22)18-12-17(15-8-4-2-5-9-15)13-19(20(18)21)16-10-6-3-7-11-16/h2-13H,21H2,1H3. The summed E-state index contributed by atoms with van der Waals surface area (Å²) in [6, 6.07) is 23.9. The molecule has 3 rings (SSSR count). The van der Waals surface area contributed by atoms with Gasteiger partial charge in [0.1, 0.15) is 0 Å². The number of Topliss-reactive ketones (excluding diaryl/α,β-unsaturated/α-hetero) is 1. The first kappa shape index (κ1) is 14.1. The molecule has 0 aliphatic rings. The number of benzene rings is 3. The Labute approximate surface area is 130 Å². The summed E-state index contributed by atoms with van der Waals surface area (Å²) in [5, 5.41) is 0. The number of carbonyl (C=O) groups excluding carboxylic acids is 1. The molecule has 0 amide bonds. The summed E-state index contributed by atoms with van der Waals surface area (Å²) in [6.07, 6.45) is 0. The van der Waals surface area contributed by atoms with Gasteiger partial charge in [0.2, 0.25) is 0 Å². The van der Waals surface area contributed by atoms with Crippen molar-refractivity contribution in [2.24, 2.45) is 0 Å². The smallest absolute Gasteiger partial charge is 0.161 e. The van der Waals surface area contributed by atoms with Crippen LogP contribution in [0.15, 0.2) is 72.8 Å². The normalized spacial score (nSPS) is 10.4. The fourth-order valence-electron chi connectivity index (χ4n) is 2.60. The lowest BCUT2D eigenvalue weighted by atomic mass is 9.93. The Morgan fingerprint density at radius 2 is 1.32 bits per heavy atom.